The van der Waals surface area contributed by atoms with Crippen molar-refractivity contribution in [3.63, 3.8) is 0 Å². The van der Waals surface area contributed by atoms with E-state index in [0.717, 1.165) is 0 Å². The molecule has 0 fully saturated rings. The predicted octanol–water partition coefficient (Wildman–Crippen LogP) is 2.31. The van der Waals surface area contributed by atoms with Crippen molar-refractivity contribution in [2.75, 3.05) is 0 Å². The van der Waals surface area contributed by atoms with Gasteiger partial charge in [0.1, 0.15) is 5.60 Å². The first-order valence-corrected chi connectivity index (χ1v) is 6.72. The Balaban J connectivity index is 4.47. The van der Waals surface area contributed by atoms with Crippen molar-refractivity contribution in [3.8, 4) is 0 Å². The van der Waals surface area contributed by atoms with Crippen molar-refractivity contribution in [2.24, 2.45) is 11.8 Å². The highest BCUT2D eigenvalue weighted by molar-refractivity contribution is 5.81. The summed E-state index contributed by atoms with van der Waals surface area (Å²) < 4.78 is 5.18. The van der Waals surface area contributed by atoms with Crippen LogP contribution in [0.25, 0.3) is 0 Å². The highest BCUT2D eigenvalue weighted by atomic mass is 16.6. The molecule has 0 saturated carbocycles. The minimum atomic E-state index is -1.06. The number of carboxylic acids is 2. The molecular formula is C14H24O6. The lowest BCUT2D eigenvalue weighted by atomic mass is 9.89. The fourth-order valence-electron chi connectivity index (χ4n) is 1.79. The maximum atomic E-state index is 11.9. The second-order valence-corrected chi connectivity index (χ2v) is 5.91. The normalized spacial score (nSPS) is 14.4. The quantitative estimate of drug-likeness (QED) is 0.525. The van der Waals surface area contributed by atoms with Gasteiger partial charge in [-0.1, -0.05) is 13.3 Å². The van der Waals surface area contributed by atoms with E-state index in [1.165, 1.54) is 6.92 Å². The van der Waals surface area contributed by atoms with Crippen LogP contribution in [0.4, 0.5) is 0 Å². The SMILES string of the molecule is CC(C(=O)OC(C)(C)C)C(CCCCC(=O)O)C(=O)O. The number of carbonyl (C=O) groups is 3. The molecule has 0 radical (unpaired) electrons. The van der Waals surface area contributed by atoms with Crippen LogP contribution in [-0.4, -0.2) is 33.7 Å². The molecule has 0 bridgehead atoms. The lowest BCUT2D eigenvalue weighted by Crippen LogP contribution is -2.34. The first-order valence-electron chi connectivity index (χ1n) is 6.72. The average Bonchev–Trinajstić information content (AvgIpc) is 2.24. The molecule has 0 saturated heterocycles. The maximum Gasteiger partial charge on any atom is 0.310 e. The van der Waals surface area contributed by atoms with Crippen molar-refractivity contribution in [2.45, 2.75) is 59.0 Å². The van der Waals surface area contributed by atoms with E-state index >= 15 is 0 Å². The number of carboxylic acid groups (broad SMARTS) is 2. The molecule has 0 aliphatic carbocycles. The summed E-state index contributed by atoms with van der Waals surface area (Å²) in [7, 11) is 0. The lowest BCUT2D eigenvalue weighted by molar-refractivity contribution is -0.166. The standard InChI is InChI=1S/C14H24O6/c1-9(13(19)20-14(2,3)4)10(12(17)18)7-5-6-8-11(15)16/h9-10H,5-8H2,1-4H3,(H,15,16)(H,17,18). The van der Waals surface area contributed by atoms with Crippen molar-refractivity contribution < 1.29 is 29.3 Å². The number of rotatable bonds is 8. The molecule has 6 heteroatoms. The Bertz CT molecular complexity index is 355. The molecular weight excluding hydrogens is 264 g/mol. The highest BCUT2D eigenvalue weighted by Crippen LogP contribution is 2.23. The van der Waals surface area contributed by atoms with Crippen LogP contribution in [0.3, 0.4) is 0 Å². The van der Waals surface area contributed by atoms with E-state index in [9.17, 15) is 19.5 Å². The van der Waals surface area contributed by atoms with Crippen LogP contribution in [0.1, 0.15) is 53.4 Å². The third kappa shape index (κ3) is 7.76. The first-order chi connectivity index (χ1) is 9.04. The number of unbranched alkanes of at least 4 members (excludes halogenated alkanes) is 1. The van der Waals surface area contributed by atoms with Gasteiger partial charge in [-0.05, 0) is 33.6 Å². The molecule has 0 spiro atoms. The summed E-state index contributed by atoms with van der Waals surface area (Å²) in [5, 5.41) is 17.7. The smallest absolute Gasteiger partial charge is 0.310 e. The van der Waals surface area contributed by atoms with Gasteiger partial charge in [-0.3, -0.25) is 14.4 Å². The minimum Gasteiger partial charge on any atom is -0.481 e. The number of hydrogen-bond acceptors (Lipinski definition) is 4. The Labute approximate surface area is 119 Å². The molecule has 0 aromatic heterocycles. The van der Waals surface area contributed by atoms with E-state index in [2.05, 4.69) is 0 Å². The monoisotopic (exact) mass is 288 g/mol. The predicted molar refractivity (Wildman–Crippen MR) is 72.2 cm³/mol. The molecule has 0 aromatic carbocycles. The Hall–Kier alpha value is -1.59. The summed E-state index contributed by atoms with van der Waals surface area (Å²) in [6.07, 6.45) is 1.13. The van der Waals surface area contributed by atoms with E-state index in [1.54, 1.807) is 20.8 Å². The molecule has 0 heterocycles. The Morgan fingerprint density at radius 1 is 1.10 bits per heavy atom. The van der Waals surface area contributed by atoms with Crippen LogP contribution in [0.5, 0.6) is 0 Å². The van der Waals surface area contributed by atoms with Crippen LogP contribution in [-0.2, 0) is 19.1 Å². The largest absolute Gasteiger partial charge is 0.481 e. The van der Waals surface area contributed by atoms with Gasteiger partial charge in [-0.15, -0.1) is 0 Å². The third-order valence-electron chi connectivity index (χ3n) is 2.86. The fourth-order valence-corrected chi connectivity index (χ4v) is 1.79. The van der Waals surface area contributed by atoms with Gasteiger partial charge in [0.25, 0.3) is 0 Å². The van der Waals surface area contributed by atoms with Crippen molar-refractivity contribution >= 4 is 17.9 Å². The van der Waals surface area contributed by atoms with Crippen LogP contribution in [0, 0.1) is 11.8 Å². The average molecular weight is 288 g/mol. The Morgan fingerprint density at radius 2 is 1.65 bits per heavy atom. The van der Waals surface area contributed by atoms with Crippen LogP contribution in [0.2, 0.25) is 0 Å². The van der Waals surface area contributed by atoms with E-state index in [-0.39, 0.29) is 12.8 Å². The van der Waals surface area contributed by atoms with E-state index in [0.29, 0.717) is 12.8 Å². The van der Waals surface area contributed by atoms with E-state index in [4.69, 9.17) is 9.84 Å². The summed E-state index contributed by atoms with van der Waals surface area (Å²) in [6.45, 7) is 6.70. The van der Waals surface area contributed by atoms with Gasteiger partial charge in [0.15, 0.2) is 0 Å². The number of esters is 1. The zero-order valence-corrected chi connectivity index (χ0v) is 12.5. The van der Waals surface area contributed by atoms with Crippen LogP contribution >= 0.6 is 0 Å². The molecule has 0 aromatic rings. The maximum absolute atomic E-state index is 11.9. The summed E-state index contributed by atoms with van der Waals surface area (Å²) in [5.74, 6) is -4.10. The molecule has 0 amide bonds. The van der Waals surface area contributed by atoms with Crippen molar-refractivity contribution in [1.82, 2.24) is 0 Å². The van der Waals surface area contributed by atoms with Gasteiger partial charge in [0.2, 0.25) is 0 Å². The minimum absolute atomic E-state index is 0.00710. The van der Waals surface area contributed by atoms with Gasteiger partial charge in [0, 0.05) is 6.42 Å². The molecule has 2 unspecified atom stereocenters. The molecule has 2 atom stereocenters. The molecule has 116 valence electrons. The molecule has 0 rings (SSSR count). The number of ether oxygens (including phenoxy) is 1. The summed E-state index contributed by atoms with van der Waals surface area (Å²) in [4.78, 5) is 33.5. The first kappa shape index (κ1) is 18.4. The lowest BCUT2D eigenvalue weighted by Gasteiger charge is -2.25. The zero-order valence-electron chi connectivity index (χ0n) is 12.5. The molecule has 0 aliphatic heterocycles. The molecule has 6 nitrogen and oxygen atoms in total. The van der Waals surface area contributed by atoms with Crippen molar-refractivity contribution in [3.05, 3.63) is 0 Å². The fraction of sp³-hybridized carbons (Fsp3) is 0.786. The Morgan fingerprint density at radius 3 is 2.05 bits per heavy atom. The Kier molecular flexibility index (Phi) is 7.24. The van der Waals surface area contributed by atoms with Gasteiger partial charge < -0.3 is 14.9 Å². The number of aliphatic carboxylic acids is 2. The van der Waals surface area contributed by atoms with Crippen LogP contribution in [0.15, 0.2) is 0 Å². The van der Waals surface area contributed by atoms with E-state index < -0.39 is 35.3 Å². The van der Waals surface area contributed by atoms with Gasteiger partial charge in [0.05, 0.1) is 11.8 Å². The molecule has 2 N–H and O–H groups in total. The number of carbonyl (C=O) groups excluding carboxylic acids is 1. The van der Waals surface area contributed by atoms with E-state index in [1.807, 2.05) is 0 Å². The summed E-state index contributed by atoms with van der Waals surface area (Å²) in [5.41, 5.74) is -0.655. The van der Waals surface area contributed by atoms with Gasteiger partial charge in [-0.2, -0.15) is 0 Å². The second-order valence-electron chi connectivity index (χ2n) is 5.91. The van der Waals surface area contributed by atoms with Crippen molar-refractivity contribution in [1.29, 1.82) is 0 Å². The second kappa shape index (κ2) is 7.87. The number of hydrogen-bond donors (Lipinski definition) is 2. The third-order valence-corrected chi connectivity index (χ3v) is 2.86. The summed E-state index contributed by atoms with van der Waals surface area (Å²) in [6, 6.07) is 0. The molecule has 20 heavy (non-hydrogen) atoms. The van der Waals surface area contributed by atoms with Gasteiger partial charge >= 0.3 is 17.9 Å². The van der Waals surface area contributed by atoms with Crippen LogP contribution < -0.4 is 0 Å². The summed E-state index contributed by atoms with van der Waals surface area (Å²) >= 11 is 0. The highest BCUT2D eigenvalue weighted by Gasteiger charge is 2.32. The topological polar surface area (TPSA) is 101 Å². The zero-order chi connectivity index (χ0) is 15.9. The molecule has 0 aliphatic rings. The van der Waals surface area contributed by atoms with Gasteiger partial charge in [-0.25, -0.2) is 0 Å².